The molecule has 1 unspecified atom stereocenters. The van der Waals surface area contributed by atoms with E-state index in [1.54, 1.807) is 0 Å². The van der Waals surface area contributed by atoms with Crippen LogP contribution in [0.2, 0.25) is 0 Å². The highest BCUT2D eigenvalue weighted by molar-refractivity contribution is 5.71. The zero-order valence-electron chi connectivity index (χ0n) is 40.3. The van der Waals surface area contributed by atoms with Gasteiger partial charge in [0.05, 0.1) is 0 Å². The van der Waals surface area contributed by atoms with Crippen LogP contribution >= 0.6 is 0 Å². The van der Waals surface area contributed by atoms with Crippen LogP contribution in [-0.2, 0) is 28.6 Å². The van der Waals surface area contributed by atoms with Crippen molar-refractivity contribution in [3.8, 4) is 0 Å². The van der Waals surface area contributed by atoms with Gasteiger partial charge in [0, 0.05) is 19.3 Å². The molecule has 0 rings (SSSR count). The fourth-order valence-corrected chi connectivity index (χ4v) is 6.33. The Morgan fingerprint density at radius 1 is 0.349 bits per heavy atom. The number of carbonyl (C=O) groups is 3. The lowest BCUT2D eigenvalue weighted by atomic mass is 10.1. The van der Waals surface area contributed by atoms with E-state index in [-0.39, 0.29) is 37.5 Å². The summed E-state index contributed by atoms with van der Waals surface area (Å²) in [6.07, 6.45) is 69.0. The maximum atomic E-state index is 12.8. The predicted octanol–water partition coefficient (Wildman–Crippen LogP) is 16.5. The standard InChI is InChI=1S/C57H90O6/c1-4-7-10-13-16-19-21-23-25-27-29-31-33-35-38-41-44-47-50-56(59)62-53-54(52-61-55(58)49-46-43-40-37-18-15-12-9-6-3)63-57(60)51-48-45-42-39-36-34-32-30-28-26-24-22-20-17-14-11-8-5-2/h9-10,12-13,16,18-19,21-32,37,54H,4-8,11,14-15,17,20,33-36,38-53H2,1-3H3/b12-9-,13-10-,19-16-,23-21-,24-22-,27-25-,28-26-,31-29-,32-30-,37-18-. The van der Waals surface area contributed by atoms with Gasteiger partial charge in [-0.05, 0) is 89.9 Å². The molecule has 0 radical (unpaired) electrons. The fraction of sp³-hybridized carbons (Fsp3) is 0.596. The van der Waals surface area contributed by atoms with Crippen molar-refractivity contribution in [2.45, 2.75) is 207 Å². The zero-order chi connectivity index (χ0) is 45.8. The van der Waals surface area contributed by atoms with Crippen molar-refractivity contribution in [1.29, 1.82) is 0 Å². The molecule has 0 aromatic carbocycles. The molecule has 0 saturated heterocycles. The fourth-order valence-electron chi connectivity index (χ4n) is 6.33. The third-order valence-corrected chi connectivity index (χ3v) is 10.1. The molecule has 0 fully saturated rings. The largest absolute Gasteiger partial charge is 0.462 e. The van der Waals surface area contributed by atoms with Crippen molar-refractivity contribution in [2.24, 2.45) is 0 Å². The molecule has 0 spiro atoms. The molecule has 0 aromatic heterocycles. The molecule has 0 N–H and O–H groups in total. The number of hydrogen-bond acceptors (Lipinski definition) is 6. The Morgan fingerprint density at radius 2 is 0.714 bits per heavy atom. The SMILES string of the molecule is CC/C=C\C/C=C\CCCCC(=O)OCC(COC(=O)CCCCCCC\C=C/C=C\C=C/C=C\C=C/CCC)OC(=O)CCCCCCC\C=C/C=C\C=C/CCCCCCC. The van der Waals surface area contributed by atoms with Crippen LogP contribution < -0.4 is 0 Å². The van der Waals surface area contributed by atoms with Gasteiger partial charge in [0.1, 0.15) is 13.2 Å². The first-order chi connectivity index (χ1) is 31.0. The molecule has 0 heterocycles. The molecular formula is C57H90O6. The maximum Gasteiger partial charge on any atom is 0.306 e. The highest BCUT2D eigenvalue weighted by Gasteiger charge is 2.19. The number of hydrogen-bond donors (Lipinski definition) is 0. The highest BCUT2D eigenvalue weighted by atomic mass is 16.6. The molecule has 0 aliphatic heterocycles. The van der Waals surface area contributed by atoms with Gasteiger partial charge in [-0.2, -0.15) is 0 Å². The van der Waals surface area contributed by atoms with E-state index in [1.165, 1.54) is 38.5 Å². The second kappa shape index (κ2) is 50.5. The summed E-state index contributed by atoms with van der Waals surface area (Å²) in [6.45, 7) is 6.31. The van der Waals surface area contributed by atoms with E-state index in [0.717, 1.165) is 122 Å². The van der Waals surface area contributed by atoms with Crippen LogP contribution in [0.1, 0.15) is 201 Å². The van der Waals surface area contributed by atoms with E-state index in [9.17, 15) is 14.4 Å². The van der Waals surface area contributed by atoms with Crippen molar-refractivity contribution in [2.75, 3.05) is 13.2 Å². The molecule has 0 saturated carbocycles. The van der Waals surface area contributed by atoms with Gasteiger partial charge in [-0.1, -0.05) is 213 Å². The number of unbranched alkanes of at least 4 members (excludes halogenated alkanes) is 18. The Morgan fingerprint density at radius 3 is 1.19 bits per heavy atom. The Bertz CT molecular complexity index is 1370. The monoisotopic (exact) mass is 871 g/mol. The van der Waals surface area contributed by atoms with E-state index in [1.807, 2.05) is 36.5 Å². The second-order valence-electron chi connectivity index (χ2n) is 16.2. The predicted molar refractivity (Wildman–Crippen MR) is 269 cm³/mol. The van der Waals surface area contributed by atoms with Crippen LogP contribution in [0.15, 0.2) is 122 Å². The van der Waals surface area contributed by atoms with Crippen molar-refractivity contribution >= 4 is 17.9 Å². The van der Waals surface area contributed by atoms with Gasteiger partial charge in [-0.15, -0.1) is 0 Å². The lowest BCUT2D eigenvalue weighted by Crippen LogP contribution is -2.30. The van der Waals surface area contributed by atoms with Gasteiger partial charge in [-0.3, -0.25) is 14.4 Å². The Kier molecular flexibility index (Phi) is 47.1. The molecule has 0 aromatic rings. The first kappa shape index (κ1) is 58.8. The molecule has 63 heavy (non-hydrogen) atoms. The number of carbonyl (C=O) groups excluding carboxylic acids is 3. The summed E-state index contributed by atoms with van der Waals surface area (Å²) in [6, 6.07) is 0. The molecule has 0 aliphatic carbocycles. The molecular weight excluding hydrogens is 781 g/mol. The normalized spacial score (nSPS) is 13.1. The number of esters is 3. The molecule has 6 nitrogen and oxygen atoms in total. The summed E-state index contributed by atoms with van der Waals surface area (Å²) < 4.78 is 16.7. The zero-order valence-corrected chi connectivity index (χ0v) is 40.3. The summed E-state index contributed by atoms with van der Waals surface area (Å²) in [7, 11) is 0. The summed E-state index contributed by atoms with van der Waals surface area (Å²) in [5.41, 5.74) is 0. The van der Waals surface area contributed by atoms with Crippen molar-refractivity contribution in [3.63, 3.8) is 0 Å². The van der Waals surface area contributed by atoms with E-state index >= 15 is 0 Å². The van der Waals surface area contributed by atoms with Crippen molar-refractivity contribution in [3.05, 3.63) is 122 Å². The second-order valence-corrected chi connectivity index (χ2v) is 16.2. The van der Waals surface area contributed by atoms with Crippen LogP contribution in [0, 0.1) is 0 Å². The van der Waals surface area contributed by atoms with Crippen LogP contribution in [0.25, 0.3) is 0 Å². The Balaban J connectivity index is 4.48. The van der Waals surface area contributed by atoms with E-state index in [0.29, 0.717) is 12.8 Å². The number of rotatable bonds is 43. The molecule has 6 heteroatoms. The van der Waals surface area contributed by atoms with Gasteiger partial charge in [0.25, 0.3) is 0 Å². The summed E-state index contributed by atoms with van der Waals surface area (Å²) in [5.74, 6) is -1.00. The minimum absolute atomic E-state index is 0.114. The summed E-state index contributed by atoms with van der Waals surface area (Å²) in [5, 5.41) is 0. The molecule has 0 aliphatic rings. The van der Waals surface area contributed by atoms with Gasteiger partial charge in [-0.25, -0.2) is 0 Å². The lowest BCUT2D eigenvalue weighted by molar-refractivity contribution is -0.167. The molecule has 0 amide bonds. The molecule has 354 valence electrons. The van der Waals surface area contributed by atoms with Crippen LogP contribution in [0.4, 0.5) is 0 Å². The third kappa shape index (κ3) is 48.7. The minimum atomic E-state index is -0.815. The number of ether oxygens (including phenoxy) is 3. The molecule has 1 atom stereocenters. The smallest absolute Gasteiger partial charge is 0.306 e. The average Bonchev–Trinajstić information content (AvgIpc) is 3.28. The average molecular weight is 871 g/mol. The first-order valence-electron chi connectivity index (χ1n) is 25.1. The van der Waals surface area contributed by atoms with Gasteiger partial charge in [0.15, 0.2) is 6.10 Å². The van der Waals surface area contributed by atoms with Crippen LogP contribution in [0.3, 0.4) is 0 Å². The summed E-state index contributed by atoms with van der Waals surface area (Å²) in [4.78, 5) is 37.9. The van der Waals surface area contributed by atoms with Gasteiger partial charge in [0.2, 0.25) is 0 Å². The van der Waals surface area contributed by atoms with Crippen LogP contribution in [-0.4, -0.2) is 37.2 Å². The third-order valence-electron chi connectivity index (χ3n) is 10.1. The highest BCUT2D eigenvalue weighted by Crippen LogP contribution is 2.12. The van der Waals surface area contributed by atoms with Crippen molar-refractivity contribution in [1.82, 2.24) is 0 Å². The van der Waals surface area contributed by atoms with E-state index < -0.39 is 6.10 Å². The first-order valence-corrected chi connectivity index (χ1v) is 25.1. The molecule has 0 bridgehead atoms. The van der Waals surface area contributed by atoms with Crippen molar-refractivity contribution < 1.29 is 28.6 Å². The Labute approximate surface area is 386 Å². The van der Waals surface area contributed by atoms with Crippen LogP contribution in [0.5, 0.6) is 0 Å². The minimum Gasteiger partial charge on any atom is -0.462 e. The maximum absolute atomic E-state index is 12.8. The lowest BCUT2D eigenvalue weighted by Gasteiger charge is -2.18. The summed E-state index contributed by atoms with van der Waals surface area (Å²) >= 11 is 0. The Hall–Kier alpha value is -4.19. The van der Waals surface area contributed by atoms with E-state index in [4.69, 9.17) is 14.2 Å². The topological polar surface area (TPSA) is 78.9 Å². The van der Waals surface area contributed by atoms with Gasteiger partial charge >= 0.3 is 17.9 Å². The quantitative estimate of drug-likeness (QED) is 0.0200. The van der Waals surface area contributed by atoms with E-state index in [2.05, 4.69) is 106 Å². The van der Waals surface area contributed by atoms with Gasteiger partial charge < -0.3 is 14.2 Å². The number of allylic oxidation sites excluding steroid dienone is 20.